The number of Topliss-reactive ketones (excluding diaryl/α,β-unsaturated/α-hetero) is 1. The van der Waals surface area contributed by atoms with Gasteiger partial charge < -0.3 is 0 Å². The molecule has 1 aromatic carbocycles. The van der Waals surface area contributed by atoms with Crippen LogP contribution in [0.3, 0.4) is 0 Å². The van der Waals surface area contributed by atoms with Crippen LogP contribution in [0.1, 0.15) is 56.2 Å². The van der Waals surface area contributed by atoms with Gasteiger partial charge in [-0.05, 0) is 36.0 Å². The highest BCUT2D eigenvalue weighted by atomic mass is 16.1. The Morgan fingerprint density at radius 3 is 2.56 bits per heavy atom. The minimum absolute atomic E-state index is 0.356. The van der Waals surface area contributed by atoms with Crippen molar-refractivity contribution in [3.8, 4) is 0 Å². The molecular formula is C15H22O. The second kappa shape index (κ2) is 5.83. The fourth-order valence-corrected chi connectivity index (χ4v) is 1.77. The van der Waals surface area contributed by atoms with E-state index in [1.807, 2.05) is 6.92 Å². The molecule has 1 aromatic rings. The first-order chi connectivity index (χ1) is 7.54. The quantitative estimate of drug-likeness (QED) is 0.729. The van der Waals surface area contributed by atoms with Crippen molar-refractivity contribution in [3.63, 3.8) is 0 Å². The van der Waals surface area contributed by atoms with E-state index in [1.165, 1.54) is 16.7 Å². The highest BCUT2D eigenvalue weighted by molar-refractivity contribution is 5.78. The third kappa shape index (κ3) is 3.48. The van der Waals surface area contributed by atoms with Crippen molar-refractivity contribution in [1.29, 1.82) is 0 Å². The van der Waals surface area contributed by atoms with Crippen LogP contribution >= 0.6 is 0 Å². The van der Waals surface area contributed by atoms with E-state index in [9.17, 15) is 4.79 Å². The topological polar surface area (TPSA) is 17.1 Å². The maximum absolute atomic E-state index is 11.3. The Labute approximate surface area is 98.9 Å². The molecule has 0 heterocycles. The molecule has 0 unspecified atom stereocenters. The number of benzene rings is 1. The van der Waals surface area contributed by atoms with Gasteiger partial charge in [0.2, 0.25) is 0 Å². The normalized spacial score (nSPS) is 10.8. The minimum atomic E-state index is 0.356. The van der Waals surface area contributed by atoms with E-state index in [4.69, 9.17) is 0 Å². The summed E-state index contributed by atoms with van der Waals surface area (Å²) in [4.78, 5) is 11.3. The predicted octanol–water partition coefficient (Wildman–Crippen LogP) is 4.03. The molecule has 0 aliphatic carbocycles. The molecule has 0 aliphatic rings. The molecule has 16 heavy (non-hydrogen) atoms. The third-order valence-corrected chi connectivity index (χ3v) is 3.11. The first-order valence-electron chi connectivity index (χ1n) is 6.15. The van der Waals surface area contributed by atoms with Crippen molar-refractivity contribution in [2.24, 2.45) is 0 Å². The maximum atomic E-state index is 11.3. The number of ketones is 1. The van der Waals surface area contributed by atoms with Crippen molar-refractivity contribution in [1.82, 2.24) is 0 Å². The minimum Gasteiger partial charge on any atom is -0.300 e. The first-order valence-corrected chi connectivity index (χ1v) is 6.15. The molecule has 1 rings (SSSR count). The number of rotatable bonds is 5. The largest absolute Gasteiger partial charge is 0.300 e. The maximum Gasteiger partial charge on any atom is 0.132 e. The van der Waals surface area contributed by atoms with Gasteiger partial charge in [0.15, 0.2) is 0 Å². The van der Waals surface area contributed by atoms with Gasteiger partial charge in [0.25, 0.3) is 0 Å². The molecule has 0 fully saturated rings. The van der Waals surface area contributed by atoms with E-state index in [0.29, 0.717) is 24.5 Å². The van der Waals surface area contributed by atoms with Crippen molar-refractivity contribution >= 4 is 5.78 Å². The molecule has 1 heteroatoms. The molecule has 1 nitrogen and oxygen atoms in total. The lowest BCUT2D eigenvalue weighted by molar-refractivity contribution is -0.118. The van der Waals surface area contributed by atoms with E-state index in [-0.39, 0.29) is 0 Å². The second-order valence-electron chi connectivity index (χ2n) is 4.73. The van der Waals surface area contributed by atoms with Crippen molar-refractivity contribution < 1.29 is 4.79 Å². The zero-order chi connectivity index (χ0) is 12.1. The number of hydrogen-bond donors (Lipinski definition) is 0. The average Bonchev–Trinajstić information content (AvgIpc) is 2.27. The molecule has 0 aromatic heterocycles. The molecule has 0 bridgehead atoms. The number of carbonyl (C=O) groups is 1. The Kier molecular flexibility index (Phi) is 4.72. The summed E-state index contributed by atoms with van der Waals surface area (Å²) >= 11 is 0. The van der Waals surface area contributed by atoms with Crippen LogP contribution in [0.15, 0.2) is 18.2 Å². The Balaban J connectivity index is 2.78. The van der Waals surface area contributed by atoms with Crippen molar-refractivity contribution in [3.05, 3.63) is 34.9 Å². The highest BCUT2D eigenvalue weighted by Crippen LogP contribution is 2.19. The van der Waals surface area contributed by atoms with Crippen LogP contribution < -0.4 is 0 Å². The zero-order valence-electron chi connectivity index (χ0n) is 10.8. The fraction of sp³-hybridized carbons (Fsp3) is 0.533. The van der Waals surface area contributed by atoms with Gasteiger partial charge in [0, 0.05) is 12.8 Å². The van der Waals surface area contributed by atoms with E-state index >= 15 is 0 Å². The lowest BCUT2D eigenvalue weighted by Crippen LogP contribution is -2.00. The van der Waals surface area contributed by atoms with Crippen LogP contribution in [0.5, 0.6) is 0 Å². The molecule has 0 saturated heterocycles. The highest BCUT2D eigenvalue weighted by Gasteiger charge is 2.05. The molecular weight excluding hydrogens is 196 g/mol. The third-order valence-electron chi connectivity index (χ3n) is 3.11. The molecule has 0 aliphatic heterocycles. The molecule has 0 atom stereocenters. The Morgan fingerprint density at radius 1 is 1.31 bits per heavy atom. The molecule has 0 N–H and O–H groups in total. The summed E-state index contributed by atoms with van der Waals surface area (Å²) in [5.74, 6) is 0.913. The Bertz CT molecular complexity index is 364. The molecule has 0 radical (unpaired) electrons. The average molecular weight is 218 g/mol. The summed E-state index contributed by atoms with van der Waals surface area (Å²) in [6.45, 7) is 8.45. The monoisotopic (exact) mass is 218 g/mol. The molecule has 0 amide bonds. The SMILES string of the molecule is CCC(=O)CCc1cc(C(C)C)ccc1C. The fourth-order valence-electron chi connectivity index (χ4n) is 1.77. The van der Waals surface area contributed by atoms with Crippen LogP contribution in [0.2, 0.25) is 0 Å². The van der Waals surface area contributed by atoms with Crippen LogP contribution in [-0.2, 0) is 11.2 Å². The van der Waals surface area contributed by atoms with Crippen molar-refractivity contribution in [2.75, 3.05) is 0 Å². The van der Waals surface area contributed by atoms with Crippen LogP contribution in [0, 0.1) is 6.92 Å². The van der Waals surface area contributed by atoms with Gasteiger partial charge in [0.1, 0.15) is 5.78 Å². The van der Waals surface area contributed by atoms with Gasteiger partial charge in [0.05, 0.1) is 0 Å². The number of hydrogen-bond acceptors (Lipinski definition) is 1. The molecule has 0 spiro atoms. The summed E-state index contributed by atoms with van der Waals surface area (Å²) in [6, 6.07) is 6.61. The van der Waals surface area contributed by atoms with Crippen LogP contribution in [0.4, 0.5) is 0 Å². The Hall–Kier alpha value is -1.11. The summed E-state index contributed by atoms with van der Waals surface area (Å²) in [5.41, 5.74) is 3.99. The first kappa shape index (κ1) is 13.0. The van der Waals surface area contributed by atoms with E-state index < -0.39 is 0 Å². The van der Waals surface area contributed by atoms with E-state index in [0.717, 1.165) is 6.42 Å². The van der Waals surface area contributed by atoms with Crippen LogP contribution in [0.25, 0.3) is 0 Å². The summed E-state index contributed by atoms with van der Waals surface area (Å²) < 4.78 is 0. The lowest BCUT2D eigenvalue weighted by Gasteiger charge is -2.10. The zero-order valence-corrected chi connectivity index (χ0v) is 10.8. The standard InChI is InChI=1S/C15H22O/c1-5-15(16)9-8-14-10-13(11(2)3)7-6-12(14)4/h6-7,10-11H,5,8-9H2,1-4H3. The van der Waals surface area contributed by atoms with Crippen LogP contribution in [-0.4, -0.2) is 5.78 Å². The summed E-state index contributed by atoms with van der Waals surface area (Å²) in [6.07, 6.45) is 2.22. The molecule has 0 saturated carbocycles. The van der Waals surface area contributed by atoms with Gasteiger partial charge in [-0.2, -0.15) is 0 Å². The van der Waals surface area contributed by atoms with E-state index in [1.54, 1.807) is 0 Å². The lowest BCUT2D eigenvalue weighted by atomic mass is 9.95. The van der Waals surface area contributed by atoms with Gasteiger partial charge in [-0.1, -0.05) is 39.0 Å². The number of carbonyl (C=O) groups excluding carboxylic acids is 1. The summed E-state index contributed by atoms with van der Waals surface area (Å²) in [7, 11) is 0. The van der Waals surface area contributed by atoms with Gasteiger partial charge in [-0.25, -0.2) is 0 Å². The second-order valence-corrected chi connectivity index (χ2v) is 4.73. The van der Waals surface area contributed by atoms with Gasteiger partial charge >= 0.3 is 0 Å². The Morgan fingerprint density at radius 2 is 2.00 bits per heavy atom. The van der Waals surface area contributed by atoms with E-state index in [2.05, 4.69) is 39.0 Å². The van der Waals surface area contributed by atoms with Gasteiger partial charge in [-0.15, -0.1) is 0 Å². The predicted molar refractivity (Wildman–Crippen MR) is 68.9 cm³/mol. The number of aryl methyl sites for hydroxylation is 2. The smallest absolute Gasteiger partial charge is 0.132 e. The summed E-state index contributed by atoms with van der Waals surface area (Å²) in [5, 5.41) is 0. The van der Waals surface area contributed by atoms with Crippen molar-refractivity contribution in [2.45, 2.75) is 52.9 Å². The van der Waals surface area contributed by atoms with Gasteiger partial charge in [-0.3, -0.25) is 4.79 Å². The molecule has 88 valence electrons.